The molecule has 0 aliphatic heterocycles. The van der Waals surface area contributed by atoms with Crippen LogP contribution >= 0.6 is 0 Å². The second-order valence-corrected chi connectivity index (χ2v) is 5.86. The molecule has 2 N–H and O–H groups in total. The van der Waals surface area contributed by atoms with E-state index in [-0.39, 0.29) is 12.1 Å². The molecule has 0 aromatic heterocycles. The van der Waals surface area contributed by atoms with Gasteiger partial charge in [0.05, 0.1) is 12.2 Å². The van der Waals surface area contributed by atoms with Crippen LogP contribution in [0.15, 0.2) is 30.3 Å². The van der Waals surface area contributed by atoms with Crippen LogP contribution in [0.1, 0.15) is 44.6 Å². The van der Waals surface area contributed by atoms with Gasteiger partial charge in [-0.1, -0.05) is 50.1 Å². The largest absolute Gasteiger partial charge is 0.391 e. The van der Waals surface area contributed by atoms with E-state index in [0.717, 1.165) is 31.2 Å². The van der Waals surface area contributed by atoms with Gasteiger partial charge in [0, 0.05) is 13.1 Å². The lowest BCUT2D eigenvalue weighted by molar-refractivity contribution is -0.0115. The van der Waals surface area contributed by atoms with Gasteiger partial charge in [0.2, 0.25) is 0 Å². The topological polar surface area (TPSA) is 61.8 Å². The molecule has 1 aromatic carbocycles. The Bertz CT molecular complexity index is 446. The third-order valence-electron chi connectivity index (χ3n) is 4.02. The summed E-state index contributed by atoms with van der Waals surface area (Å²) in [5, 5.41) is 9.87. The highest BCUT2D eigenvalue weighted by molar-refractivity contribution is 5.73. The van der Waals surface area contributed by atoms with Gasteiger partial charge in [0.1, 0.15) is 0 Å². The molecule has 1 atom stereocenters. The molecule has 1 aliphatic carbocycles. The number of carbonyl (C=O) groups excluding carboxylic acids is 1. The summed E-state index contributed by atoms with van der Waals surface area (Å²) >= 11 is 0. The number of aliphatic hydroxyl groups excluding tert-OH is 1. The number of hydroxylamine groups is 1. The van der Waals surface area contributed by atoms with E-state index in [9.17, 15) is 9.90 Å². The molecular weight excluding hydrogens is 280 g/mol. The molecule has 1 fully saturated rings. The van der Waals surface area contributed by atoms with Crippen molar-refractivity contribution in [3.05, 3.63) is 35.9 Å². The Morgan fingerprint density at radius 1 is 1.36 bits per heavy atom. The first kappa shape index (κ1) is 16.8. The molecule has 0 bridgehead atoms. The second kappa shape index (κ2) is 8.76. The summed E-state index contributed by atoms with van der Waals surface area (Å²) in [5.41, 5.74) is 3.58. The van der Waals surface area contributed by atoms with Crippen LogP contribution in [0.3, 0.4) is 0 Å². The van der Waals surface area contributed by atoms with E-state index in [0.29, 0.717) is 19.5 Å². The van der Waals surface area contributed by atoms with Crippen LogP contribution in [0.2, 0.25) is 0 Å². The molecule has 2 amide bonds. The first-order valence-corrected chi connectivity index (χ1v) is 8.11. The zero-order chi connectivity index (χ0) is 15.8. The lowest BCUT2D eigenvalue weighted by atomic mass is 10.2. The normalized spacial score (nSPS) is 16.5. The molecular formula is C17H26N2O3. The fourth-order valence-corrected chi connectivity index (χ4v) is 2.61. The third-order valence-corrected chi connectivity index (χ3v) is 4.02. The first-order chi connectivity index (χ1) is 10.7. The molecule has 5 nitrogen and oxygen atoms in total. The van der Waals surface area contributed by atoms with Crippen molar-refractivity contribution in [3.8, 4) is 0 Å². The summed E-state index contributed by atoms with van der Waals surface area (Å²) in [6.07, 6.45) is 4.51. The predicted octanol–water partition coefficient (Wildman–Crippen LogP) is 2.84. The minimum absolute atomic E-state index is 0.124. The molecule has 0 heterocycles. The molecule has 0 spiro atoms. The number of urea groups is 1. The van der Waals surface area contributed by atoms with Crippen LogP contribution in [-0.2, 0) is 11.4 Å². The van der Waals surface area contributed by atoms with Crippen LogP contribution in [0, 0.1) is 0 Å². The molecule has 1 saturated carbocycles. The summed E-state index contributed by atoms with van der Waals surface area (Å²) in [4.78, 5) is 19.4. The number of nitrogens with zero attached hydrogens (tertiary/aromatic N) is 1. The number of hydrogen-bond acceptors (Lipinski definition) is 3. The standard InChI is InChI=1S/C17H26N2O3/c1-2-15(20)13-19(12-14-8-4-3-5-9-14)17(21)18-22-16-10-6-7-11-16/h3-5,8-9,15-16,20H,2,6-7,10-13H2,1H3,(H,18,21). The monoisotopic (exact) mass is 306 g/mol. The van der Waals surface area contributed by atoms with Gasteiger partial charge < -0.3 is 10.0 Å². The quantitative estimate of drug-likeness (QED) is 0.762. The fraction of sp³-hybridized carbons (Fsp3) is 0.588. The lowest BCUT2D eigenvalue weighted by Gasteiger charge is -2.25. The van der Waals surface area contributed by atoms with Crippen LogP contribution in [0.4, 0.5) is 4.79 Å². The first-order valence-electron chi connectivity index (χ1n) is 8.11. The number of hydrogen-bond donors (Lipinski definition) is 2. The van der Waals surface area contributed by atoms with Gasteiger partial charge in [-0.15, -0.1) is 0 Å². The third kappa shape index (κ3) is 5.31. The highest BCUT2D eigenvalue weighted by atomic mass is 16.7. The van der Waals surface area contributed by atoms with Crippen molar-refractivity contribution in [2.75, 3.05) is 6.54 Å². The number of benzene rings is 1. The van der Waals surface area contributed by atoms with Gasteiger partial charge in [0.15, 0.2) is 0 Å². The van der Waals surface area contributed by atoms with E-state index < -0.39 is 6.10 Å². The Hall–Kier alpha value is -1.59. The zero-order valence-electron chi connectivity index (χ0n) is 13.2. The molecule has 1 unspecified atom stereocenters. The summed E-state index contributed by atoms with van der Waals surface area (Å²) in [7, 11) is 0. The van der Waals surface area contributed by atoms with Gasteiger partial charge in [-0.25, -0.2) is 10.3 Å². The molecule has 122 valence electrons. The maximum atomic E-state index is 12.3. The molecule has 2 rings (SSSR count). The van der Waals surface area contributed by atoms with Gasteiger partial charge >= 0.3 is 6.03 Å². The minimum atomic E-state index is -0.527. The van der Waals surface area contributed by atoms with E-state index in [4.69, 9.17) is 4.84 Å². The SMILES string of the molecule is CCC(O)CN(Cc1ccccc1)C(=O)NOC1CCCC1. The molecule has 1 aromatic rings. The zero-order valence-corrected chi connectivity index (χ0v) is 13.2. The van der Waals surface area contributed by atoms with E-state index in [1.165, 1.54) is 0 Å². The maximum absolute atomic E-state index is 12.3. The van der Waals surface area contributed by atoms with Gasteiger partial charge in [-0.05, 0) is 24.8 Å². The number of amides is 2. The Kier molecular flexibility index (Phi) is 6.68. The van der Waals surface area contributed by atoms with Gasteiger partial charge in [-0.2, -0.15) is 0 Å². The molecule has 5 heteroatoms. The van der Waals surface area contributed by atoms with E-state index in [1.807, 2.05) is 37.3 Å². The maximum Gasteiger partial charge on any atom is 0.341 e. The van der Waals surface area contributed by atoms with Crippen molar-refractivity contribution in [2.45, 2.75) is 57.8 Å². The van der Waals surface area contributed by atoms with Crippen molar-refractivity contribution in [2.24, 2.45) is 0 Å². The Labute approximate surface area is 132 Å². The van der Waals surface area contributed by atoms with Gasteiger partial charge in [-0.3, -0.25) is 4.84 Å². The summed E-state index contributed by atoms with van der Waals surface area (Å²) in [5.74, 6) is 0. The smallest absolute Gasteiger partial charge is 0.341 e. The number of aliphatic hydroxyl groups is 1. The Morgan fingerprint density at radius 2 is 2.05 bits per heavy atom. The van der Waals surface area contributed by atoms with Crippen LogP contribution in [-0.4, -0.2) is 34.8 Å². The Balaban J connectivity index is 1.91. The van der Waals surface area contributed by atoms with E-state index >= 15 is 0 Å². The second-order valence-electron chi connectivity index (χ2n) is 5.86. The number of rotatable bonds is 7. The van der Waals surface area contributed by atoms with Crippen LogP contribution < -0.4 is 5.48 Å². The summed E-state index contributed by atoms with van der Waals surface area (Å²) in [6, 6.07) is 9.47. The van der Waals surface area contributed by atoms with E-state index in [1.54, 1.807) is 4.90 Å². The van der Waals surface area contributed by atoms with Crippen LogP contribution in [0.5, 0.6) is 0 Å². The van der Waals surface area contributed by atoms with Crippen molar-refractivity contribution in [3.63, 3.8) is 0 Å². The van der Waals surface area contributed by atoms with Crippen molar-refractivity contribution in [1.82, 2.24) is 10.4 Å². The van der Waals surface area contributed by atoms with Crippen molar-refractivity contribution in [1.29, 1.82) is 0 Å². The average molecular weight is 306 g/mol. The molecule has 0 saturated heterocycles. The van der Waals surface area contributed by atoms with Crippen molar-refractivity contribution < 1.29 is 14.7 Å². The predicted molar refractivity (Wildman–Crippen MR) is 85.0 cm³/mol. The average Bonchev–Trinajstić information content (AvgIpc) is 3.06. The van der Waals surface area contributed by atoms with Crippen LogP contribution in [0.25, 0.3) is 0 Å². The highest BCUT2D eigenvalue weighted by Crippen LogP contribution is 2.20. The molecule has 1 aliphatic rings. The summed E-state index contributed by atoms with van der Waals surface area (Å²) < 4.78 is 0. The minimum Gasteiger partial charge on any atom is -0.391 e. The van der Waals surface area contributed by atoms with Crippen molar-refractivity contribution >= 4 is 6.03 Å². The molecule has 22 heavy (non-hydrogen) atoms. The van der Waals surface area contributed by atoms with Gasteiger partial charge in [0.25, 0.3) is 0 Å². The highest BCUT2D eigenvalue weighted by Gasteiger charge is 2.21. The fourth-order valence-electron chi connectivity index (χ4n) is 2.61. The number of nitrogens with one attached hydrogen (secondary N) is 1. The number of carbonyl (C=O) groups is 1. The lowest BCUT2D eigenvalue weighted by Crippen LogP contribution is -2.44. The van der Waals surface area contributed by atoms with E-state index in [2.05, 4.69) is 5.48 Å². The summed E-state index contributed by atoms with van der Waals surface area (Å²) in [6.45, 7) is 2.65. The Morgan fingerprint density at radius 3 is 2.68 bits per heavy atom. The molecule has 0 radical (unpaired) electrons.